The highest BCUT2D eigenvalue weighted by molar-refractivity contribution is 9.11. The second-order valence-electron chi connectivity index (χ2n) is 6.42. The lowest BCUT2D eigenvalue weighted by atomic mass is 10.1. The van der Waals surface area contributed by atoms with Crippen LogP contribution in [0.25, 0.3) is 10.8 Å². The van der Waals surface area contributed by atoms with Gasteiger partial charge in [-0.05, 0) is 78.0 Å². The van der Waals surface area contributed by atoms with E-state index < -0.39 is 5.91 Å². The second-order valence-corrected chi connectivity index (χ2v) is 8.13. The smallest absolute Gasteiger partial charge is 0.307 e. The lowest BCUT2D eigenvalue weighted by molar-refractivity contribution is 0.0927. The number of furan rings is 1. The standard InChI is InChI=1S/C23H16Br2N2O3/c24-19-11-15(13-26-27-23(28)21-9-4-10-29-21)12-20(25)22(19)30-14-17-7-3-6-16-5-1-2-8-18(16)17/h1-13H,14H2,(H,27,28)/b26-13+. The third-order valence-electron chi connectivity index (χ3n) is 4.40. The number of nitrogens with one attached hydrogen (secondary N) is 1. The molecule has 0 unspecified atom stereocenters. The molecule has 150 valence electrons. The summed E-state index contributed by atoms with van der Waals surface area (Å²) in [5.41, 5.74) is 4.32. The molecule has 5 nitrogen and oxygen atoms in total. The van der Waals surface area contributed by atoms with Gasteiger partial charge in [0.25, 0.3) is 0 Å². The van der Waals surface area contributed by atoms with Crippen LogP contribution in [0.2, 0.25) is 0 Å². The molecule has 0 aliphatic carbocycles. The van der Waals surface area contributed by atoms with Gasteiger partial charge in [-0.1, -0.05) is 42.5 Å². The molecule has 0 aliphatic rings. The molecule has 0 fully saturated rings. The van der Waals surface area contributed by atoms with Crippen LogP contribution in [0, 0.1) is 0 Å². The Morgan fingerprint density at radius 3 is 2.57 bits per heavy atom. The highest BCUT2D eigenvalue weighted by Crippen LogP contribution is 2.35. The molecule has 1 N–H and O–H groups in total. The summed E-state index contributed by atoms with van der Waals surface area (Å²) in [4.78, 5) is 11.8. The molecule has 0 bridgehead atoms. The van der Waals surface area contributed by atoms with E-state index in [1.165, 1.54) is 17.0 Å². The highest BCUT2D eigenvalue weighted by atomic mass is 79.9. The van der Waals surface area contributed by atoms with Crippen molar-refractivity contribution in [2.24, 2.45) is 5.10 Å². The molecule has 1 amide bonds. The first-order valence-corrected chi connectivity index (χ1v) is 10.7. The third kappa shape index (κ3) is 4.63. The first-order valence-electron chi connectivity index (χ1n) is 9.07. The first kappa shape index (κ1) is 20.4. The number of hydrogen-bond donors (Lipinski definition) is 1. The Labute approximate surface area is 190 Å². The Morgan fingerprint density at radius 2 is 1.80 bits per heavy atom. The van der Waals surface area contributed by atoms with Gasteiger partial charge in [0.2, 0.25) is 0 Å². The molecular formula is C23H16Br2N2O3. The number of carbonyl (C=O) groups is 1. The van der Waals surface area contributed by atoms with Gasteiger partial charge in [-0.25, -0.2) is 5.43 Å². The van der Waals surface area contributed by atoms with Crippen LogP contribution in [-0.2, 0) is 6.61 Å². The number of ether oxygens (including phenoxy) is 1. The van der Waals surface area contributed by atoms with Crippen LogP contribution in [0.1, 0.15) is 21.7 Å². The molecule has 4 rings (SSSR count). The summed E-state index contributed by atoms with van der Waals surface area (Å²) in [6.07, 6.45) is 2.98. The van der Waals surface area contributed by atoms with Crippen LogP contribution in [0.5, 0.6) is 5.75 Å². The summed E-state index contributed by atoms with van der Waals surface area (Å²) < 4.78 is 12.7. The van der Waals surface area contributed by atoms with Gasteiger partial charge in [0, 0.05) is 0 Å². The highest BCUT2D eigenvalue weighted by Gasteiger charge is 2.11. The molecule has 0 saturated heterocycles. The van der Waals surface area contributed by atoms with Crippen LogP contribution in [0.4, 0.5) is 0 Å². The van der Waals surface area contributed by atoms with E-state index in [0.29, 0.717) is 12.4 Å². The van der Waals surface area contributed by atoms with E-state index in [1.54, 1.807) is 18.3 Å². The molecule has 1 heterocycles. The zero-order valence-electron chi connectivity index (χ0n) is 15.6. The predicted octanol–water partition coefficient (Wildman–Crippen LogP) is 6.30. The van der Waals surface area contributed by atoms with Gasteiger partial charge in [-0.3, -0.25) is 4.79 Å². The maximum absolute atomic E-state index is 11.8. The SMILES string of the molecule is O=C(N/N=C/c1cc(Br)c(OCc2cccc3ccccc23)c(Br)c1)c1ccco1. The van der Waals surface area contributed by atoms with E-state index in [9.17, 15) is 4.79 Å². The van der Waals surface area contributed by atoms with Crippen molar-refractivity contribution in [3.63, 3.8) is 0 Å². The molecule has 0 saturated carbocycles. The summed E-state index contributed by atoms with van der Waals surface area (Å²) in [5, 5.41) is 6.32. The van der Waals surface area contributed by atoms with E-state index in [2.05, 4.69) is 66.7 Å². The molecule has 0 spiro atoms. The van der Waals surface area contributed by atoms with Crippen molar-refractivity contribution in [2.45, 2.75) is 6.61 Å². The summed E-state index contributed by atoms with van der Waals surface area (Å²) in [6, 6.07) is 21.4. The number of halogens is 2. The number of nitrogens with zero attached hydrogens (tertiary/aromatic N) is 1. The van der Waals surface area contributed by atoms with Crippen molar-refractivity contribution in [2.75, 3.05) is 0 Å². The largest absolute Gasteiger partial charge is 0.487 e. The Morgan fingerprint density at radius 1 is 1.03 bits per heavy atom. The summed E-state index contributed by atoms with van der Waals surface area (Å²) in [5.74, 6) is 0.482. The van der Waals surface area contributed by atoms with E-state index >= 15 is 0 Å². The number of benzene rings is 3. The fourth-order valence-corrected chi connectivity index (χ4v) is 4.44. The van der Waals surface area contributed by atoms with E-state index in [1.807, 2.05) is 30.3 Å². The number of rotatable bonds is 6. The van der Waals surface area contributed by atoms with Gasteiger partial charge >= 0.3 is 5.91 Å². The average molecular weight is 528 g/mol. The molecule has 1 aromatic heterocycles. The maximum Gasteiger partial charge on any atom is 0.307 e. The third-order valence-corrected chi connectivity index (χ3v) is 5.58. The van der Waals surface area contributed by atoms with Crippen molar-refractivity contribution >= 4 is 54.8 Å². The maximum atomic E-state index is 11.8. The van der Waals surface area contributed by atoms with Gasteiger partial charge in [-0.2, -0.15) is 5.10 Å². The van der Waals surface area contributed by atoms with Crippen molar-refractivity contribution in [3.8, 4) is 5.75 Å². The van der Waals surface area contributed by atoms with Gasteiger partial charge in [0.1, 0.15) is 12.4 Å². The molecule has 0 atom stereocenters. The zero-order chi connectivity index (χ0) is 20.9. The topological polar surface area (TPSA) is 63.8 Å². The summed E-state index contributed by atoms with van der Waals surface area (Å²) in [6.45, 7) is 0.436. The fraction of sp³-hybridized carbons (Fsp3) is 0.0435. The molecule has 7 heteroatoms. The van der Waals surface area contributed by atoms with Crippen LogP contribution in [0.15, 0.2) is 91.5 Å². The second kappa shape index (κ2) is 9.28. The number of hydrazone groups is 1. The van der Waals surface area contributed by atoms with Crippen molar-refractivity contribution in [1.29, 1.82) is 0 Å². The van der Waals surface area contributed by atoms with Crippen LogP contribution in [0.3, 0.4) is 0 Å². The Balaban J connectivity index is 1.46. The number of amides is 1. The van der Waals surface area contributed by atoms with Crippen molar-refractivity contribution in [1.82, 2.24) is 5.43 Å². The van der Waals surface area contributed by atoms with E-state index in [0.717, 1.165) is 20.1 Å². The predicted molar refractivity (Wildman–Crippen MR) is 124 cm³/mol. The van der Waals surface area contributed by atoms with E-state index in [4.69, 9.17) is 9.15 Å². The Kier molecular flexibility index (Phi) is 6.30. The lowest BCUT2D eigenvalue weighted by Crippen LogP contribution is -2.16. The van der Waals surface area contributed by atoms with Gasteiger partial charge in [0.15, 0.2) is 5.76 Å². The monoisotopic (exact) mass is 526 g/mol. The number of fused-ring (bicyclic) bond motifs is 1. The summed E-state index contributed by atoms with van der Waals surface area (Å²) in [7, 11) is 0. The minimum atomic E-state index is -0.413. The molecule has 3 aromatic carbocycles. The molecule has 30 heavy (non-hydrogen) atoms. The minimum absolute atomic E-state index is 0.201. The van der Waals surface area contributed by atoms with Crippen LogP contribution >= 0.6 is 31.9 Å². The lowest BCUT2D eigenvalue weighted by Gasteiger charge is -2.13. The van der Waals surface area contributed by atoms with Crippen molar-refractivity contribution in [3.05, 3.63) is 98.8 Å². The Hall–Kier alpha value is -2.90. The van der Waals surface area contributed by atoms with Crippen LogP contribution < -0.4 is 10.2 Å². The average Bonchev–Trinajstić information content (AvgIpc) is 3.28. The summed E-state index contributed by atoms with van der Waals surface area (Å²) >= 11 is 7.11. The minimum Gasteiger partial charge on any atom is -0.487 e. The quantitative estimate of drug-likeness (QED) is 0.236. The van der Waals surface area contributed by atoms with E-state index in [-0.39, 0.29) is 5.76 Å². The molecular weight excluding hydrogens is 512 g/mol. The zero-order valence-corrected chi connectivity index (χ0v) is 18.8. The number of hydrogen-bond acceptors (Lipinski definition) is 4. The first-order chi connectivity index (χ1) is 14.6. The number of carbonyl (C=O) groups excluding carboxylic acids is 1. The molecule has 4 aromatic rings. The normalized spacial score (nSPS) is 11.1. The van der Waals surface area contributed by atoms with Gasteiger partial charge in [-0.15, -0.1) is 0 Å². The Bertz CT molecular complexity index is 1190. The van der Waals surface area contributed by atoms with Gasteiger partial charge < -0.3 is 9.15 Å². The van der Waals surface area contributed by atoms with Crippen LogP contribution in [-0.4, -0.2) is 12.1 Å². The van der Waals surface area contributed by atoms with Gasteiger partial charge in [0.05, 0.1) is 21.4 Å². The molecule has 0 aliphatic heterocycles. The molecule has 0 radical (unpaired) electrons. The fourth-order valence-electron chi connectivity index (χ4n) is 2.99. The van der Waals surface area contributed by atoms with Crippen molar-refractivity contribution < 1.29 is 13.9 Å².